The minimum Gasteiger partial charge on any atom is -0.420 e. The predicted octanol–water partition coefficient (Wildman–Crippen LogP) is 9.17. The molecule has 4 nitrogen and oxygen atoms in total. The average molecular weight is 501 g/mol. The van der Waals surface area contributed by atoms with E-state index in [-0.39, 0.29) is 5.97 Å². The summed E-state index contributed by atoms with van der Waals surface area (Å²) >= 11 is 0. The Kier molecular flexibility index (Phi) is 12.9. The van der Waals surface area contributed by atoms with Crippen LogP contribution in [0.1, 0.15) is 112 Å². The minimum atomic E-state index is -0.388. The smallest absolute Gasteiger partial charge is 0.343 e. The third kappa shape index (κ3) is 10.5. The highest BCUT2D eigenvalue weighted by Crippen LogP contribution is 2.20. The SMILES string of the molecule is CCCCCCCCCc1ccc(-c2ncc(OC(=O)c3ccc(CCCCCCC)cc3)cn2)cc1. The van der Waals surface area contributed by atoms with Gasteiger partial charge in [-0.1, -0.05) is 114 Å². The molecule has 0 amide bonds. The van der Waals surface area contributed by atoms with Gasteiger partial charge in [0.05, 0.1) is 18.0 Å². The van der Waals surface area contributed by atoms with Crippen LogP contribution in [-0.2, 0) is 12.8 Å². The van der Waals surface area contributed by atoms with Crippen LogP contribution in [0.4, 0.5) is 0 Å². The number of carbonyl (C=O) groups excluding carboxylic acids is 1. The molecule has 1 aromatic heterocycles. The number of benzene rings is 2. The Morgan fingerprint density at radius 1 is 0.622 bits per heavy atom. The first-order valence-electron chi connectivity index (χ1n) is 14.4. The van der Waals surface area contributed by atoms with Gasteiger partial charge in [-0.2, -0.15) is 0 Å². The molecule has 0 N–H and O–H groups in total. The average Bonchev–Trinajstić information content (AvgIpc) is 2.93. The molecule has 0 aliphatic carbocycles. The van der Waals surface area contributed by atoms with E-state index in [1.165, 1.54) is 88.2 Å². The lowest BCUT2D eigenvalue weighted by atomic mass is 10.0. The Morgan fingerprint density at radius 2 is 1.08 bits per heavy atom. The van der Waals surface area contributed by atoms with E-state index in [2.05, 4.69) is 48.1 Å². The van der Waals surface area contributed by atoms with E-state index in [0.717, 1.165) is 18.4 Å². The summed E-state index contributed by atoms with van der Waals surface area (Å²) in [4.78, 5) is 21.4. The maximum Gasteiger partial charge on any atom is 0.343 e. The lowest BCUT2D eigenvalue weighted by molar-refractivity contribution is 0.0733. The monoisotopic (exact) mass is 500 g/mol. The molecule has 0 atom stereocenters. The van der Waals surface area contributed by atoms with Crippen molar-refractivity contribution in [1.29, 1.82) is 0 Å². The first-order valence-corrected chi connectivity index (χ1v) is 14.4. The Morgan fingerprint density at radius 3 is 1.59 bits per heavy atom. The largest absolute Gasteiger partial charge is 0.420 e. The molecule has 1 heterocycles. The van der Waals surface area contributed by atoms with Crippen LogP contribution in [0.5, 0.6) is 5.75 Å². The van der Waals surface area contributed by atoms with Crippen molar-refractivity contribution in [2.75, 3.05) is 0 Å². The molecule has 3 rings (SSSR count). The molecule has 198 valence electrons. The number of hydrogen-bond acceptors (Lipinski definition) is 4. The van der Waals surface area contributed by atoms with Crippen molar-refractivity contribution in [3.05, 3.63) is 77.6 Å². The molecule has 0 fully saturated rings. The van der Waals surface area contributed by atoms with E-state index in [1.54, 1.807) is 12.4 Å². The van der Waals surface area contributed by atoms with Crippen LogP contribution in [0.15, 0.2) is 60.9 Å². The summed E-state index contributed by atoms with van der Waals surface area (Å²) in [6.45, 7) is 4.49. The van der Waals surface area contributed by atoms with Crippen molar-refractivity contribution in [1.82, 2.24) is 9.97 Å². The van der Waals surface area contributed by atoms with Gasteiger partial charge in [0.1, 0.15) is 0 Å². The highest BCUT2D eigenvalue weighted by atomic mass is 16.5. The van der Waals surface area contributed by atoms with Crippen LogP contribution >= 0.6 is 0 Å². The molecular formula is C33H44N2O2. The molecule has 2 aromatic carbocycles. The first kappa shape index (κ1) is 28.6. The third-order valence-corrected chi connectivity index (χ3v) is 6.88. The van der Waals surface area contributed by atoms with Gasteiger partial charge < -0.3 is 4.74 Å². The van der Waals surface area contributed by atoms with Crippen LogP contribution in [0.2, 0.25) is 0 Å². The molecule has 3 aromatic rings. The van der Waals surface area contributed by atoms with Crippen LogP contribution in [0.3, 0.4) is 0 Å². The standard InChI is InChI=1S/C33H44N2O2/c1-3-5-7-9-10-12-14-16-27-17-21-29(22-18-27)32-34-25-31(26-35-32)37-33(36)30-23-19-28(20-24-30)15-13-11-8-6-4-2/h17-26H,3-16H2,1-2H3. The highest BCUT2D eigenvalue weighted by molar-refractivity contribution is 5.91. The van der Waals surface area contributed by atoms with Gasteiger partial charge >= 0.3 is 5.97 Å². The molecule has 4 heteroatoms. The quantitative estimate of drug-likeness (QED) is 0.137. The normalized spacial score (nSPS) is 11.0. The second-order valence-corrected chi connectivity index (χ2v) is 10.1. The number of carbonyl (C=O) groups is 1. The topological polar surface area (TPSA) is 52.1 Å². The minimum absolute atomic E-state index is 0.351. The number of unbranched alkanes of at least 4 members (excludes halogenated alkanes) is 10. The predicted molar refractivity (Wildman–Crippen MR) is 153 cm³/mol. The van der Waals surface area contributed by atoms with E-state index in [0.29, 0.717) is 17.1 Å². The summed E-state index contributed by atoms with van der Waals surface area (Å²) in [5, 5.41) is 0. The summed E-state index contributed by atoms with van der Waals surface area (Å²) < 4.78 is 5.50. The molecule has 0 aliphatic rings. The van der Waals surface area contributed by atoms with Crippen molar-refractivity contribution in [3.8, 4) is 17.1 Å². The van der Waals surface area contributed by atoms with Crippen molar-refractivity contribution in [2.45, 2.75) is 104 Å². The van der Waals surface area contributed by atoms with Gasteiger partial charge in [-0.05, 0) is 48.9 Å². The lowest BCUT2D eigenvalue weighted by Crippen LogP contribution is -2.09. The van der Waals surface area contributed by atoms with E-state index >= 15 is 0 Å². The molecule has 0 saturated carbocycles. The van der Waals surface area contributed by atoms with Crippen LogP contribution in [0.25, 0.3) is 11.4 Å². The molecular weight excluding hydrogens is 456 g/mol. The maximum atomic E-state index is 12.5. The van der Waals surface area contributed by atoms with Gasteiger partial charge in [-0.3, -0.25) is 0 Å². The third-order valence-electron chi connectivity index (χ3n) is 6.88. The van der Waals surface area contributed by atoms with E-state index < -0.39 is 0 Å². The Labute approximate surface area is 223 Å². The van der Waals surface area contributed by atoms with E-state index in [1.807, 2.05) is 24.3 Å². The number of aromatic nitrogens is 2. The van der Waals surface area contributed by atoms with E-state index in [4.69, 9.17) is 4.74 Å². The van der Waals surface area contributed by atoms with Crippen molar-refractivity contribution < 1.29 is 9.53 Å². The molecule has 0 radical (unpaired) electrons. The van der Waals surface area contributed by atoms with Gasteiger partial charge in [-0.15, -0.1) is 0 Å². The highest BCUT2D eigenvalue weighted by Gasteiger charge is 2.10. The fourth-order valence-electron chi connectivity index (χ4n) is 4.53. The van der Waals surface area contributed by atoms with Crippen molar-refractivity contribution in [2.24, 2.45) is 0 Å². The van der Waals surface area contributed by atoms with Crippen LogP contribution in [0, 0.1) is 0 Å². The van der Waals surface area contributed by atoms with Crippen LogP contribution in [-0.4, -0.2) is 15.9 Å². The first-order chi connectivity index (χ1) is 18.2. The molecule has 0 bridgehead atoms. The Hall–Kier alpha value is -3.01. The molecule has 0 aliphatic heterocycles. The van der Waals surface area contributed by atoms with Gasteiger partial charge in [0.2, 0.25) is 0 Å². The fourth-order valence-corrected chi connectivity index (χ4v) is 4.53. The summed E-state index contributed by atoms with van der Waals surface area (Å²) in [5.41, 5.74) is 4.11. The van der Waals surface area contributed by atoms with Crippen LogP contribution < -0.4 is 4.74 Å². The van der Waals surface area contributed by atoms with Gasteiger partial charge in [0, 0.05) is 5.56 Å². The van der Waals surface area contributed by atoms with Crippen molar-refractivity contribution in [3.63, 3.8) is 0 Å². The zero-order valence-electron chi connectivity index (χ0n) is 22.9. The van der Waals surface area contributed by atoms with Crippen molar-refractivity contribution >= 4 is 5.97 Å². The fraction of sp³-hybridized carbons (Fsp3) is 0.485. The zero-order valence-corrected chi connectivity index (χ0v) is 22.9. The van der Waals surface area contributed by atoms with Gasteiger partial charge in [-0.25, -0.2) is 14.8 Å². The molecule has 0 saturated heterocycles. The number of rotatable bonds is 17. The lowest BCUT2D eigenvalue weighted by Gasteiger charge is -2.07. The molecule has 37 heavy (non-hydrogen) atoms. The zero-order chi connectivity index (χ0) is 26.1. The summed E-state index contributed by atoms with van der Waals surface area (Å²) in [5.74, 6) is 0.593. The summed E-state index contributed by atoms with van der Waals surface area (Å²) in [6, 6.07) is 16.2. The maximum absolute atomic E-state index is 12.5. The molecule has 0 spiro atoms. The number of nitrogens with zero attached hydrogens (tertiary/aromatic N) is 2. The summed E-state index contributed by atoms with van der Waals surface area (Å²) in [7, 11) is 0. The number of hydrogen-bond donors (Lipinski definition) is 0. The van der Waals surface area contributed by atoms with Gasteiger partial charge in [0.15, 0.2) is 11.6 Å². The second-order valence-electron chi connectivity index (χ2n) is 10.1. The van der Waals surface area contributed by atoms with Gasteiger partial charge in [0.25, 0.3) is 0 Å². The Bertz CT molecular complexity index is 1030. The number of ether oxygens (including phenoxy) is 1. The second kappa shape index (κ2) is 16.7. The summed E-state index contributed by atoms with van der Waals surface area (Å²) in [6.07, 6.45) is 20.9. The number of esters is 1. The van der Waals surface area contributed by atoms with E-state index in [9.17, 15) is 4.79 Å². The number of aryl methyl sites for hydroxylation is 2. The molecule has 0 unspecified atom stereocenters. The Balaban J connectivity index is 1.42.